The van der Waals surface area contributed by atoms with Crippen molar-refractivity contribution in [1.29, 1.82) is 0 Å². The van der Waals surface area contributed by atoms with E-state index in [0.29, 0.717) is 29.5 Å². The lowest BCUT2D eigenvalue weighted by molar-refractivity contribution is 0.386. The van der Waals surface area contributed by atoms with Gasteiger partial charge in [0.25, 0.3) is 6.01 Å². The van der Waals surface area contributed by atoms with E-state index in [4.69, 9.17) is 16.3 Å². The number of thiazole rings is 1. The average molecular weight is 297 g/mol. The van der Waals surface area contributed by atoms with Crippen LogP contribution in [0.25, 0.3) is 11.2 Å². The molecule has 7 nitrogen and oxygen atoms in total. The van der Waals surface area contributed by atoms with Crippen molar-refractivity contribution in [2.45, 2.75) is 6.54 Å². The number of rotatable bonds is 4. The van der Waals surface area contributed by atoms with E-state index in [1.165, 1.54) is 18.4 Å². The molecule has 0 amide bonds. The summed E-state index contributed by atoms with van der Waals surface area (Å²) in [5, 5.41) is 5.23. The lowest BCUT2D eigenvalue weighted by atomic mass is 10.4. The second-order valence-corrected chi connectivity index (χ2v) is 4.67. The molecule has 98 valence electrons. The first kappa shape index (κ1) is 12.1. The van der Waals surface area contributed by atoms with E-state index in [1.807, 2.05) is 5.38 Å². The van der Waals surface area contributed by atoms with Gasteiger partial charge in [0.05, 0.1) is 24.9 Å². The lowest BCUT2D eigenvalue weighted by Gasteiger charge is -2.03. The van der Waals surface area contributed by atoms with Gasteiger partial charge in [0.1, 0.15) is 0 Å². The number of nitrogens with zero attached hydrogens (tertiary/aromatic N) is 4. The number of anilines is 1. The first-order chi connectivity index (χ1) is 9.26. The molecule has 0 aliphatic carbocycles. The number of methoxy groups -OCH3 is 1. The molecule has 0 bridgehead atoms. The van der Waals surface area contributed by atoms with Gasteiger partial charge in [-0.15, -0.1) is 11.3 Å². The maximum atomic E-state index is 5.87. The number of aromatic nitrogens is 5. The molecule has 0 aromatic carbocycles. The van der Waals surface area contributed by atoms with Crippen LogP contribution in [-0.2, 0) is 6.54 Å². The molecule has 0 aliphatic rings. The van der Waals surface area contributed by atoms with Gasteiger partial charge < -0.3 is 10.1 Å². The summed E-state index contributed by atoms with van der Waals surface area (Å²) in [6, 6.07) is 0.364. The molecular weight excluding hydrogens is 288 g/mol. The van der Waals surface area contributed by atoms with Crippen LogP contribution in [0.3, 0.4) is 0 Å². The molecule has 3 heterocycles. The second-order valence-electron chi connectivity index (χ2n) is 3.62. The second kappa shape index (κ2) is 4.98. The third-order valence-corrected chi connectivity index (χ3v) is 3.21. The Morgan fingerprint density at radius 3 is 3.05 bits per heavy atom. The Balaban J connectivity index is 1.94. The number of imidazole rings is 1. The molecule has 2 N–H and O–H groups in total. The van der Waals surface area contributed by atoms with Crippen molar-refractivity contribution in [3.63, 3.8) is 0 Å². The van der Waals surface area contributed by atoms with Gasteiger partial charge in [0.15, 0.2) is 17.0 Å². The van der Waals surface area contributed by atoms with Gasteiger partial charge in [-0.3, -0.25) is 4.98 Å². The van der Waals surface area contributed by atoms with Crippen molar-refractivity contribution >= 4 is 39.9 Å². The zero-order valence-corrected chi connectivity index (χ0v) is 11.4. The van der Waals surface area contributed by atoms with Crippen LogP contribution in [0.5, 0.6) is 6.01 Å². The van der Waals surface area contributed by atoms with E-state index in [9.17, 15) is 0 Å². The number of hydrogen-bond acceptors (Lipinski definition) is 7. The normalized spacial score (nSPS) is 10.8. The molecule has 3 aromatic heterocycles. The van der Waals surface area contributed by atoms with E-state index < -0.39 is 0 Å². The number of aromatic amines is 1. The number of ether oxygens (including phenoxy) is 1. The minimum Gasteiger partial charge on any atom is -0.468 e. The number of hydrogen-bond donors (Lipinski definition) is 2. The van der Waals surface area contributed by atoms with Crippen molar-refractivity contribution in [2.24, 2.45) is 0 Å². The smallest absolute Gasteiger partial charge is 0.295 e. The molecular formula is C10H9ClN6OS. The summed E-state index contributed by atoms with van der Waals surface area (Å²) >= 11 is 7.41. The Bertz CT molecular complexity index is 697. The van der Waals surface area contributed by atoms with E-state index in [1.54, 1.807) is 5.51 Å². The summed E-state index contributed by atoms with van der Waals surface area (Å²) in [6.07, 6.45) is 0. The van der Waals surface area contributed by atoms with Crippen LogP contribution in [0.15, 0.2) is 10.9 Å². The third kappa shape index (κ3) is 2.45. The van der Waals surface area contributed by atoms with Gasteiger partial charge in [-0.05, 0) is 11.6 Å². The molecule has 0 spiro atoms. The first-order valence-electron chi connectivity index (χ1n) is 5.34. The van der Waals surface area contributed by atoms with Gasteiger partial charge in [-0.1, -0.05) is 0 Å². The minimum atomic E-state index is 0.139. The summed E-state index contributed by atoms with van der Waals surface area (Å²) in [5.74, 6) is 0.544. The highest BCUT2D eigenvalue weighted by Gasteiger charge is 2.12. The van der Waals surface area contributed by atoms with E-state index in [-0.39, 0.29) is 5.28 Å². The van der Waals surface area contributed by atoms with Gasteiger partial charge in [-0.25, -0.2) is 4.98 Å². The molecule has 0 unspecified atom stereocenters. The molecule has 0 saturated heterocycles. The summed E-state index contributed by atoms with van der Waals surface area (Å²) < 4.78 is 5.03. The first-order valence-corrected chi connectivity index (χ1v) is 6.66. The van der Waals surface area contributed by atoms with Gasteiger partial charge in [-0.2, -0.15) is 15.0 Å². The molecule has 0 atom stereocenters. The number of fused-ring (bicyclic) bond motifs is 1. The Kier molecular flexibility index (Phi) is 3.18. The monoisotopic (exact) mass is 296 g/mol. The number of halogens is 1. The highest BCUT2D eigenvalue weighted by atomic mass is 35.5. The van der Waals surface area contributed by atoms with Crippen molar-refractivity contribution in [3.05, 3.63) is 21.9 Å². The lowest BCUT2D eigenvalue weighted by Crippen LogP contribution is -2.03. The standard InChI is InChI=1S/C10H9ClN6OS/c1-18-10-14-6-7(12-2-5-3-19-4-13-5)15-9(11)16-8(6)17-10/h3-4H,2H2,1H3,(H2,12,14,15,16,17). The Hall–Kier alpha value is -1.93. The Labute approximate surface area is 117 Å². The molecule has 0 radical (unpaired) electrons. The Morgan fingerprint density at radius 1 is 1.42 bits per heavy atom. The predicted octanol–water partition coefficient (Wildman–Crippen LogP) is 2.08. The summed E-state index contributed by atoms with van der Waals surface area (Å²) in [7, 11) is 1.52. The fourth-order valence-electron chi connectivity index (χ4n) is 1.57. The van der Waals surface area contributed by atoms with Crippen LogP contribution in [0, 0.1) is 0 Å². The average Bonchev–Trinajstić information content (AvgIpc) is 3.04. The van der Waals surface area contributed by atoms with Crippen molar-refractivity contribution in [1.82, 2.24) is 24.9 Å². The topological polar surface area (TPSA) is 88.6 Å². The molecule has 3 rings (SSSR count). The minimum absolute atomic E-state index is 0.139. The number of H-pyrrole nitrogens is 1. The van der Waals surface area contributed by atoms with Crippen LogP contribution in [0.1, 0.15) is 5.69 Å². The van der Waals surface area contributed by atoms with Gasteiger partial charge in [0, 0.05) is 5.38 Å². The molecule has 3 aromatic rings. The Morgan fingerprint density at radius 2 is 2.32 bits per heavy atom. The van der Waals surface area contributed by atoms with E-state index >= 15 is 0 Å². The highest BCUT2D eigenvalue weighted by molar-refractivity contribution is 7.07. The maximum absolute atomic E-state index is 5.87. The van der Waals surface area contributed by atoms with Crippen molar-refractivity contribution in [3.8, 4) is 6.01 Å². The SMILES string of the molecule is COc1nc2c(NCc3cscn3)nc(Cl)nc2[nH]1. The van der Waals surface area contributed by atoms with Crippen LogP contribution in [0.2, 0.25) is 5.28 Å². The zero-order chi connectivity index (χ0) is 13.2. The largest absolute Gasteiger partial charge is 0.468 e. The quantitative estimate of drug-likeness (QED) is 0.717. The van der Waals surface area contributed by atoms with Crippen LogP contribution in [0.4, 0.5) is 5.82 Å². The fraction of sp³-hybridized carbons (Fsp3) is 0.200. The summed E-state index contributed by atoms with van der Waals surface area (Å²) in [4.78, 5) is 19.5. The van der Waals surface area contributed by atoms with Crippen LogP contribution >= 0.6 is 22.9 Å². The molecule has 19 heavy (non-hydrogen) atoms. The predicted molar refractivity (Wildman–Crippen MR) is 72.7 cm³/mol. The van der Waals surface area contributed by atoms with Crippen LogP contribution in [-0.4, -0.2) is 32.0 Å². The summed E-state index contributed by atoms with van der Waals surface area (Å²) in [6.45, 7) is 0.543. The number of nitrogens with one attached hydrogen (secondary N) is 2. The molecule has 0 aliphatic heterocycles. The van der Waals surface area contributed by atoms with E-state index in [0.717, 1.165) is 5.69 Å². The van der Waals surface area contributed by atoms with Crippen molar-refractivity contribution < 1.29 is 4.74 Å². The van der Waals surface area contributed by atoms with Crippen molar-refractivity contribution in [2.75, 3.05) is 12.4 Å². The molecule has 9 heteroatoms. The van der Waals surface area contributed by atoms with Gasteiger partial charge >= 0.3 is 0 Å². The molecule has 0 saturated carbocycles. The summed E-state index contributed by atoms with van der Waals surface area (Å²) in [5.41, 5.74) is 3.81. The zero-order valence-electron chi connectivity index (χ0n) is 9.85. The maximum Gasteiger partial charge on any atom is 0.295 e. The van der Waals surface area contributed by atoms with Gasteiger partial charge in [0.2, 0.25) is 5.28 Å². The third-order valence-electron chi connectivity index (χ3n) is 2.41. The molecule has 0 fully saturated rings. The van der Waals surface area contributed by atoms with Crippen LogP contribution < -0.4 is 10.1 Å². The fourth-order valence-corrected chi connectivity index (χ4v) is 2.30. The van der Waals surface area contributed by atoms with E-state index in [2.05, 4.69) is 30.2 Å². The highest BCUT2D eigenvalue weighted by Crippen LogP contribution is 2.22.